The average Bonchev–Trinajstić information content (AvgIpc) is 2.33. The van der Waals surface area contributed by atoms with Gasteiger partial charge in [0.1, 0.15) is 0 Å². The molecule has 0 aliphatic rings. The van der Waals surface area contributed by atoms with Gasteiger partial charge in [-0.3, -0.25) is 0 Å². The van der Waals surface area contributed by atoms with Crippen molar-refractivity contribution in [1.29, 1.82) is 0 Å². The first-order chi connectivity index (χ1) is 8.19. The van der Waals surface area contributed by atoms with Crippen LogP contribution in [0.1, 0.15) is 60.8 Å². The first kappa shape index (κ1) is 19.3. The summed E-state index contributed by atoms with van der Waals surface area (Å²) in [6.45, 7) is 21.4. The van der Waals surface area contributed by atoms with Gasteiger partial charge in [0.05, 0.1) is 39.3 Å². The topological polar surface area (TPSA) is 8.88 Å². The number of hydrogen-bond donors (Lipinski definition) is 2. The third-order valence-corrected chi connectivity index (χ3v) is 3.31. The number of quaternary nitrogens is 2. The molecule has 0 saturated carbocycles. The average molecular weight is 246 g/mol. The molecule has 0 fully saturated rings. The van der Waals surface area contributed by atoms with E-state index >= 15 is 0 Å². The second-order valence-corrected chi connectivity index (χ2v) is 4.81. The molecule has 0 atom stereocenters. The van der Waals surface area contributed by atoms with Crippen LogP contribution in [0.5, 0.6) is 0 Å². The summed E-state index contributed by atoms with van der Waals surface area (Å²) in [5, 5.41) is 0. The molecular formula is C15H38N2+2. The molecule has 0 radical (unpaired) electrons. The predicted octanol–water partition coefficient (Wildman–Crippen LogP) is 1.03. The summed E-state index contributed by atoms with van der Waals surface area (Å²) >= 11 is 0. The monoisotopic (exact) mass is 246 g/mol. The molecular weight excluding hydrogens is 208 g/mol. The fourth-order valence-electron chi connectivity index (χ4n) is 2.19. The maximum Gasteiger partial charge on any atom is 0.0768 e. The Morgan fingerprint density at radius 2 is 0.765 bits per heavy atom. The van der Waals surface area contributed by atoms with Gasteiger partial charge < -0.3 is 9.80 Å². The van der Waals surface area contributed by atoms with Crippen molar-refractivity contribution in [3.8, 4) is 0 Å². The molecule has 0 rings (SSSR count). The number of rotatable bonds is 9. The molecule has 0 heterocycles. The maximum absolute atomic E-state index is 2.27. The summed E-state index contributed by atoms with van der Waals surface area (Å²) in [5.41, 5.74) is 0. The van der Waals surface area contributed by atoms with Gasteiger partial charge in [-0.2, -0.15) is 0 Å². The highest BCUT2D eigenvalue weighted by Crippen LogP contribution is 1.71. The molecule has 0 amide bonds. The van der Waals surface area contributed by atoms with Crippen LogP contribution < -0.4 is 9.80 Å². The molecule has 0 saturated heterocycles. The van der Waals surface area contributed by atoms with E-state index in [-0.39, 0.29) is 0 Å². The zero-order valence-electron chi connectivity index (χ0n) is 13.4. The van der Waals surface area contributed by atoms with E-state index in [0.717, 1.165) is 0 Å². The van der Waals surface area contributed by atoms with Crippen LogP contribution in [0.3, 0.4) is 0 Å². The van der Waals surface area contributed by atoms with E-state index in [1.807, 2.05) is 0 Å². The normalized spacial score (nSPS) is 10.6. The largest absolute Gasteiger partial charge is 0.336 e. The van der Waals surface area contributed by atoms with Crippen LogP contribution in [0.15, 0.2) is 0 Å². The highest BCUT2D eigenvalue weighted by atomic mass is 15.1. The van der Waals surface area contributed by atoms with Crippen molar-refractivity contribution in [1.82, 2.24) is 0 Å². The fraction of sp³-hybridized carbons (Fsp3) is 1.00. The molecule has 0 bridgehead atoms. The van der Waals surface area contributed by atoms with Gasteiger partial charge in [-0.05, 0) is 40.0 Å². The molecule has 0 unspecified atom stereocenters. The minimum atomic E-state index is 1.27. The van der Waals surface area contributed by atoms with Gasteiger partial charge in [-0.1, -0.05) is 20.8 Å². The Morgan fingerprint density at radius 1 is 0.471 bits per heavy atom. The van der Waals surface area contributed by atoms with Crippen molar-refractivity contribution in [2.45, 2.75) is 60.8 Å². The zero-order chi connectivity index (χ0) is 13.5. The van der Waals surface area contributed by atoms with Crippen molar-refractivity contribution in [3.63, 3.8) is 0 Å². The second-order valence-electron chi connectivity index (χ2n) is 4.81. The number of hydrogen-bond acceptors (Lipinski definition) is 0. The van der Waals surface area contributed by atoms with Crippen molar-refractivity contribution in [2.24, 2.45) is 0 Å². The van der Waals surface area contributed by atoms with E-state index in [9.17, 15) is 0 Å². The molecule has 106 valence electrons. The van der Waals surface area contributed by atoms with E-state index in [2.05, 4.69) is 41.5 Å². The van der Waals surface area contributed by atoms with E-state index < -0.39 is 0 Å². The van der Waals surface area contributed by atoms with E-state index in [4.69, 9.17) is 0 Å². The second kappa shape index (κ2) is 15.9. The van der Waals surface area contributed by atoms with Crippen LogP contribution in [-0.2, 0) is 0 Å². The Morgan fingerprint density at radius 3 is 0.882 bits per heavy atom. The minimum absolute atomic E-state index is 1.27. The number of nitrogens with one attached hydrogen (secondary N) is 2. The van der Waals surface area contributed by atoms with Crippen LogP contribution in [0.4, 0.5) is 0 Å². The van der Waals surface area contributed by atoms with E-state index in [0.29, 0.717) is 0 Å². The van der Waals surface area contributed by atoms with E-state index in [1.54, 1.807) is 9.80 Å². The standard InChI is InChI=1S/C9H21N.C6H15N/c1-4-7-10(8-5-2)9-6-3;1-4-7(5-2)6-3/h4-9H2,1-3H3;4-6H2,1-3H3/p+2. The molecule has 0 aromatic rings. The molecule has 17 heavy (non-hydrogen) atoms. The van der Waals surface area contributed by atoms with Crippen molar-refractivity contribution < 1.29 is 9.80 Å². The minimum Gasteiger partial charge on any atom is -0.336 e. The first-order valence-electron chi connectivity index (χ1n) is 7.86. The third-order valence-electron chi connectivity index (χ3n) is 3.31. The molecule has 2 nitrogen and oxygen atoms in total. The maximum atomic E-state index is 2.27. The van der Waals surface area contributed by atoms with Crippen LogP contribution in [0, 0.1) is 0 Å². The Balaban J connectivity index is 0. The lowest BCUT2D eigenvalue weighted by molar-refractivity contribution is -0.900. The van der Waals surface area contributed by atoms with Crippen LogP contribution in [0.25, 0.3) is 0 Å². The van der Waals surface area contributed by atoms with Crippen molar-refractivity contribution >= 4 is 0 Å². The molecule has 2 N–H and O–H groups in total. The smallest absolute Gasteiger partial charge is 0.0768 e. The van der Waals surface area contributed by atoms with Gasteiger partial charge in [0.15, 0.2) is 0 Å². The Labute approximate surface area is 110 Å². The quantitative estimate of drug-likeness (QED) is 0.601. The van der Waals surface area contributed by atoms with Gasteiger partial charge in [-0.25, -0.2) is 0 Å². The summed E-state index contributed by atoms with van der Waals surface area (Å²) < 4.78 is 0. The van der Waals surface area contributed by atoms with Gasteiger partial charge >= 0.3 is 0 Å². The van der Waals surface area contributed by atoms with Crippen molar-refractivity contribution in [3.05, 3.63) is 0 Å². The summed E-state index contributed by atoms with van der Waals surface area (Å²) in [6, 6.07) is 0. The summed E-state index contributed by atoms with van der Waals surface area (Å²) in [5.74, 6) is 0. The van der Waals surface area contributed by atoms with Gasteiger partial charge in [0.2, 0.25) is 0 Å². The zero-order valence-corrected chi connectivity index (χ0v) is 13.4. The van der Waals surface area contributed by atoms with E-state index in [1.165, 1.54) is 58.5 Å². The summed E-state index contributed by atoms with van der Waals surface area (Å²) in [6.07, 6.45) is 3.99. The highest BCUT2D eigenvalue weighted by molar-refractivity contribution is 4.29. The molecule has 0 spiro atoms. The third kappa shape index (κ3) is 13.9. The lowest BCUT2D eigenvalue weighted by Gasteiger charge is -2.16. The van der Waals surface area contributed by atoms with Crippen LogP contribution in [0.2, 0.25) is 0 Å². The van der Waals surface area contributed by atoms with Crippen LogP contribution in [-0.4, -0.2) is 39.3 Å². The molecule has 0 aromatic heterocycles. The van der Waals surface area contributed by atoms with Gasteiger partial charge in [0, 0.05) is 0 Å². The summed E-state index contributed by atoms with van der Waals surface area (Å²) in [4.78, 5) is 3.47. The first-order valence-corrected chi connectivity index (χ1v) is 7.86. The highest BCUT2D eigenvalue weighted by Gasteiger charge is 2.02. The molecule has 0 aliphatic carbocycles. The Hall–Kier alpha value is -0.0800. The van der Waals surface area contributed by atoms with Gasteiger partial charge in [0.25, 0.3) is 0 Å². The fourth-order valence-corrected chi connectivity index (χ4v) is 2.19. The van der Waals surface area contributed by atoms with Crippen LogP contribution >= 0.6 is 0 Å². The summed E-state index contributed by atoms with van der Waals surface area (Å²) in [7, 11) is 0. The lowest BCUT2D eigenvalue weighted by atomic mass is 10.3. The predicted molar refractivity (Wildman–Crippen MR) is 79.0 cm³/mol. The van der Waals surface area contributed by atoms with Crippen molar-refractivity contribution in [2.75, 3.05) is 39.3 Å². The molecule has 0 aromatic carbocycles. The Bertz CT molecular complexity index is 102. The van der Waals surface area contributed by atoms with Gasteiger partial charge in [-0.15, -0.1) is 0 Å². The molecule has 0 aliphatic heterocycles. The molecule has 2 heteroatoms. The Kier molecular flexibility index (Phi) is 18.0. The lowest BCUT2D eigenvalue weighted by Crippen LogP contribution is -3.11. The SMILES string of the molecule is CCC[NH+](CCC)CCC.CC[NH+](CC)CC.